The topological polar surface area (TPSA) is 20.2 Å². The highest BCUT2D eigenvalue weighted by atomic mass is 79.9. The Morgan fingerprint density at radius 2 is 2.00 bits per heavy atom. The Kier molecular flexibility index (Phi) is 3.68. The minimum absolute atomic E-state index is 0.278. The van der Waals surface area contributed by atoms with Gasteiger partial charge in [0.1, 0.15) is 11.4 Å². The lowest BCUT2D eigenvalue weighted by atomic mass is 9.98. The second kappa shape index (κ2) is 4.59. The Labute approximate surface area is 91.1 Å². The molecule has 1 rings (SSSR count). The summed E-state index contributed by atoms with van der Waals surface area (Å²) in [7, 11) is 0. The molecule has 0 saturated heterocycles. The summed E-state index contributed by atoms with van der Waals surface area (Å²) in [6.07, 6.45) is 0.381. The van der Waals surface area contributed by atoms with Gasteiger partial charge < -0.3 is 5.11 Å². The highest BCUT2D eigenvalue weighted by Gasteiger charge is 2.17. The zero-order chi connectivity index (χ0) is 10.6. The molecule has 0 saturated carbocycles. The van der Waals surface area contributed by atoms with Crippen LogP contribution in [0.5, 0.6) is 0 Å². The zero-order valence-electron chi connectivity index (χ0n) is 7.72. The van der Waals surface area contributed by atoms with Gasteiger partial charge in [0, 0.05) is 22.4 Å². The first kappa shape index (κ1) is 11.2. The van der Waals surface area contributed by atoms with E-state index in [2.05, 4.69) is 26.7 Å². The van der Waals surface area contributed by atoms with Crippen molar-refractivity contribution in [3.63, 3.8) is 0 Å². The molecule has 1 aromatic rings. The first-order valence-electron chi connectivity index (χ1n) is 4.13. The molecule has 0 aliphatic heterocycles. The van der Waals surface area contributed by atoms with E-state index >= 15 is 0 Å². The van der Waals surface area contributed by atoms with Crippen LogP contribution in [0, 0.1) is 16.6 Å². The van der Waals surface area contributed by atoms with Crippen LogP contribution in [0.15, 0.2) is 24.3 Å². The molecule has 0 radical (unpaired) electrons. The standard InChI is InChI=1S/C11H10BrFO/c1-11(14,6-7-12)8-9-2-4-10(13)5-3-9/h2-5,14H,8H2,1H3. The second-order valence-corrected chi connectivity index (χ2v) is 3.69. The molecule has 1 nitrogen and oxygen atoms in total. The monoisotopic (exact) mass is 256 g/mol. The summed E-state index contributed by atoms with van der Waals surface area (Å²) < 4.78 is 12.6. The van der Waals surface area contributed by atoms with Crippen LogP contribution in [0.2, 0.25) is 0 Å². The van der Waals surface area contributed by atoms with Gasteiger partial charge in [0.25, 0.3) is 0 Å². The molecule has 1 atom stereocenters. The van der Waals surface area contributed by atoms with Crippen LogP contribution in [-0.4, -0.2) is 10.7 Å². The molecule has 14 heavy (non-hydrogen) atoms. The van der Waals surface area contributed by atoms with Crippen LogP contribution in [0.25, 0.3) is 0 Å². The number of aliphatic hydroxyl groups is 1. The predicted molar refractivity (Wildman–Crippen MR) is 57.4 cm³/mol. The third kappa shape index (κ3) is 3.49. The summed E-state index contributed by atoms with van der Waals surface area (Å²) in [5.74, 6) is 2.34. The lowest BCUT2D eigenvalue weighted by Gasteiger charge is -2.15. The maximum atomic E-state index is 12.6. The maximum absolute atomic E-state index is 12.6. The third-order valence-electron chi connectivity index (χ3n) is 1.78. The van der Waals surface area contributed by atoms with E-state index in [1.54, 1.807) is 19.1 Å². The Morgan fingerprint density at radius 1 is 1.43 bits per heavy atom. The summed E-state index contributed by atoms with van der Waals surface area (Å²) in [4.78, 5) is 2.48. The third-order valence-corrected chi connectivity index (χ3v) is 1.98. The van der Waals surface area contributed by atoms with Gasteiger partial charge in [0.05, 0.1) is 0 Å². The molecular weight excluding hydrogens is 247 g/mol. The number of hydrogen-bond donors (Lipinski definition) is 1. The van der Waals surface area contributed by atoms with E-state index in [-0.39, 0.29) is 5.82 Å². The van der Waals surface area contributed by atoms with E-state index in [0.29, 0.717) is 6.42 Å². The molecule has 1 aromatic carbocycles. The number of hydrogen-bond acceptors (Lipinski definition) is 1. The molecule has 0 amide bonds. The van der Waals surface area contributed by atoms with Crippen LogP contribution in [0.4, 0.5) is 4.39 Å². The van der Waals surface area contributed by atoms with Crippen molar-refractivity contribution >= 4 is 15.9 Å². The van der Waals surface area contributed by atoms with Crippen molar-refractivity contribution in [1.82, 2.24) is 0 Å². The molecule has 0 spiro atoms. The van der Waals surface area contributed by atoms with E-state index in [1.807, 2.05) is 0 Å². The van der Waals surface area contributed by atoms with Gasteiger partial charge in [-0.05, 0) is 29.4 Å². The lowest BCUT2D eigenvalue weighted by molar-refractivity contribution is 0.123. The largest absolute Gasteiger partial charge is 0.378 e. The fourth-order valence-corrected chi connectivity index (χ4v) is 1.57. The van der Waals surface area contributed by atoms with Crippen molar-refractivity contribution in [1.29, 1.82) is 0 Å². The normalized spacial score (nSPS) is 14.0. The van der Waals surface area contributed by atoms with Crippen LogP contribution in [0.1, 0.15) is 12.5 Å². The van der Waals surface area contributed by atoms with Crippen molar-refractivity contribution in [3.8, 4) is 10.8 Å². The van der Waals surface area contributed by atoms with Gasteiger partial charge in [-0.2, -0.15) is 0 Å². The minimum Gasteiger partial charge on any atom is -0.378 e. The Morgan fingerprint density at radius 3 is 2.50 bits per heavy atom. The van der Waals surface area contributed by atoms with Crippen molar-refractivity contribution in [2.24, 2.45) is 0 Å². The van der Waals surface area contributed by atoms with Crippen molar-refractivity contribution in [2.45, 2.75) is 18.9 Å². The minimum atomic E-state index is -1.08. The Bertz CT molecular complexity index is 359. The van der Waals surface area contributed by atoms with E-state index < -0.39 is 5.60 Å². The van der Waals surface area contributed by atoms with E-state index in [4.69, 9.17) is 0 Å². The van der Waals surface area contributed by atoms with Gasteiger partial charge >= 0.3 is 0 Å². The molecule has 74 valence electrons. The summed E-state index contributed by atoms with van der Waals surface area (Å²) in [5, 5.41) is 9.74. The quantitative estimate of drug-likeness (QED) is 0.807. The van der Waals surface area contributed by atoms with Crippen LogP contribution in [-0.2, 0) is 6.42 Å². The second-order valence-electron chi connectivity index (χ2n) is 3.30. The molecule has 0 fully saturated rings. The van der Waals surface area contributed by atoms with Crippen molar-refractivity contribution < 1.29 is 9.50 Å². The fourth-order valence-electron chi connectivity index (χ4n) is 1.15. The van der Waals surface area contributed by atoms with Gasteiger partial charge in [-0.25, -0.2) is 4.39 Å². The summed E-state index contributed by atoms with van der Waals surface area (Å²) in [6.45, 7) is 1.62. The smallest absolute Gasteiger partial charge is 0.127 e. The lowest BCUT2D eigenvalue weighted by Crippen LogP contribution is -2.24. The van der Waals surface area contributed by atoms with Crippen molar-refractivity contribution in [2.75, 3.05) is 0 Å². The Balaban J connectivity index is 2.77. The zero-order valence-corrected chi connectivity index (χ0v) is 9.31. The molecule has 0 aliphatic carbocycles. The van der Waals surface area contributed by atoms with Gasteiger partial charge in [0.15, 0.2) is 0 Å². The first-order valence-corrected chi connectivity index (χ1v) is 4.92. The van der Waals surface area contributed by atoms with E-state index in [9.17, 15) is 9.50 Å². The molecule has 1 N–H and O–H groups in total. The molecular formula is C11H10BrFO. The number of rotatable bonds is 2. The average molecular weight is 257 g/mol. The van der Waals surface area contributed by atoms with Crippen molar-refractivity contribution in [3.05, 3.63) is 35.6 Å². The summed E-state index contributed by atoms with van der Waals surface area (Å²) >= 11 is 2.93. The summed E-state index contributed by atoms with van der Waals surface area (Å²) in [6, 6.07) is 6.01. The molecule has 0 heterocycles. The molecule has 0 bridgehead atoms. The highest BCUT2D eigenvalue weighted by molar-refractivity contribution is 9.12. The SMILES string of the molecule is CC(O)(C#CBr)Cc1ccc(F)cc1. The predicted octanol–water partition coefficient (Wildman–Crippen LogP) is 2.48. The number of halogens is 2. The van der Waals surface area contributed by atoms with Crippen LogP contribution in [0.3, 0.4) is 0 Å². The van der Waals surface area contributed by atoms with E-state index in [0.717, 1.165) is 5.56 Å². The van der Waals surface area contributed by atoms with Gasteiger partial charge in [-0.1, -0.05) is 18.1 Å². The molecule has 1 unspecified atom stereocenters. The van der Waals surface area contributed by atoms with E-state index in [1.165, 1.54) is 12.1 Å². The molecule has 3 heteroatoms. The van der Waals surface area contributed by atoms with Crippen LogP contribution >= 0.6 is 15.9 Å². The maximum Gasteiger partial charge on any atom is 0.127 e. The van der Waals surface area contributed by atoms with Gasteiger partial charge in [-0.3, -0.25) is 0 Å². The van der Waals surface area contributed by atoms with Gasteiger partial charge in [-0.15, -0.1) is 0 Å². The fraction of sp³-hybridized carbons (Fsp3) is 0.273. The first-order chi connectivity index (χ1) is 6.53. The molecule has 0 aliphatic rings. The molecule has 0 aromatic heterocycles. The van der Waals surface area contributed by atoms with Crippen LogP contribution < -0.4 is 0 Å². The number of benzene rings is 1. The highest BCUT2D eigenvalue weighted by Crippen LogP contribution is 2.13. The summed E-state index contributed by atoms with van der Waals surface area (Å²) in [5.41, 5.74) is -0.229. The average Bonchev–Trinajstić information content (AvgIpc) is 2.08. The van der Waals surface area contributed by atoms with Gasteiger partial charge in [0.2, 0.25) is 0 Å². The Hall–Kier alpha value is -0.850.